The summed E-state index contributed by atoms with van der Waals surface area (Å²) in [5.41, 5.74) is 0.958. The van der Waals surface area contributed by atoms with Crippen LogP contribution in [-0.2, 0) is 19.2 Å². The number of anilines is 2. The number of imide groups is 2. The number of fused-ring (bicyclic) bond motifs is 4. The number of phenols is 1. The van der Waals surface area contributed by atoms with Crippen LogP contribution in [0.25, 0.3) is 6.08 Å². The Morgan fingerprint density at radius 2 is 1.64 bits per heavy atom. The highest BCUT2D eigenvalue weighted by Gasteiger charge is 2.66. The van der Waals surface area contributed by atoms with Gasteiger partial charge in [-0.1, -0.05) is 54.1 Å². The number of aromatic hydroxyl groups is 1. The third-order valence-corrected chi connectivity index (χ3v) is 10.4. The van der Waals surface area contributed by atoms with Crippen molar-refractivity contribution in [3.8, 4) is 11.5 Å². The maximum absolute atomic E-state index is 14.4. The summed E-state index contributed by atoms with van der Waals surface area (Å²) in [5.74, 6) is -5.78. The number of carboxylic acids is 1. The number of amides is 4. The summed E-state index contributed by atoms with van der Waals surface area (Å²) in [6.45, 7) is 1.81. The smallest absolute Gasteiger partial charge is 0.335 e. The summed E-state index contributed by atoms with van der Waals surface area (Å²) in [6, 6.07) is 19.4. The second kappa shape index (κ2) is 11.1. The van der Waals surface area contributed by atoms with Gasteiger partial charge in [-0.3, -0.25) is 24.1 Å². The van der Waals surface area contributed by atoms with Crippen LogP contribution in [0.5, 0.6) is 11.5 Å². The summed E-state index contributed by atoms with van der Waals surface area (Å²) in [6.07, 6.45) is 6.12. The molecule has 2 saturated heterocycles. The molecule has 0 spiro atoms. The molecule has 10 heteroatoms. The van der Waals surface area contributed by atoms with Crippen molar-refractivity contribution in [2.75, 3.05) is 16.9 Å². The molecule has 4 amide bonds. The second-order valence-corrected chi connectivity index (χ2v) is 12.7. The quantitative estimate of drug-likeness (QED) is 0.283. The van der Waals surface area contributed by atoms with Crippen molar-refractivity contribution >= 4 is 47.0 Å². The molecule has 0 bridgehead atoms. The maximum atomic E-state index is 14.4. The summed E-state index contributed by atoms with van der Waals surface area (Å²) in [4.78, 5) is 70.6. The number of phenolic OH excluding ortho intramolecular Hbond substituents is 1. The number of hydrogen-bond acceptors (Lipinski definition) is 7. The lowest BCUT2D eigenvalue weighted by Gasteiger charge is -2.47. The minimum Gasteiger partial charge on any atom is -0.504 e. The molecule has 2 aliphatic heterocycles. The predicted octanol–water partition coefficient (Wildman–Crippen LogP) is 5.08. The number of methoxy groups -OCH3 is 1. The van der Waals surface area contributed by atoms with Crippen LogP contribution < -0.4 is 14.5 Å². The lowest BCUT2D eigenvalue weighted by atomic mass is 9.52. The fourth-order valence-corrected chi connectivity index (χ4v) is 8.08. The largest absolute Gasteiger partial charge is 0.504 e. The van der Waals surface area contributed by atoms with Gasteiger partial charge in [0.1, 0.15) is 0 Å². The van der Waals surface area contributed by atoms with Crippen LogP contribution in [0.15, 0.2) is 90.5 Å². The molecule has 2 aliphatic carbocycles. The monoisotopic (exact) mass is 632 g/mol. The van der Waals surface area contributed by atoms with E-state index in [1.54, 1.807) is 48.5 Å². The first-order valence-electron chi connectivity index (χ1n) is 15.5. The number of aromatic carboxylic acids is 1. The highest BCUT2D eigenvalue weighted by Crippen LogP contribution is 2.61. The minimum atomic E-state index is -1.18. The third kappa shape index (κ3) is 4.50. The molecule has 6 atom stereocenters. The number of ether oxygens (including phenoxy) is 1. The molecule has 47 heavy (non-hydrogen) atoms. The van der Waals surface area contributed by atoms with E-state index in [0.717, 1.165) is 10.5 Å². The summed E-state index contributed by atoms with van der Waals surface area (Å²) in [7, 11) is 1.45. The van der Waals surface area contributed by atoms with Crippen LogP contribution in [0, 0.1) is 35.0 Å². The van der Waals surface area contributed by atoms with E-state index in [4.69, 9.17) is 4.74 Å². The molecular formula is C37H32N2O8. The van der Waals surface area contributed by atoms with Crippen LogP contribution in [0.3, 0.4) is 0 Å². The van der Waals surface area contributed by atoms with Crippen LogP contribution in [-0.4, -0.2) is 46.9 Å². The van der Waals surface area contributed by atoms with Crippen LogP contribution in [0.1, 0.15) is 35.7 Å². The van der Waals surface area contributed by atoms with Gasteiger partial charge in [0.25, 0.3) is 0 Å². The molecule has 1 saturated carbocycles. The molecular weight excluding hydrogens is 600 g/mol. The third-order valence-electron chi connectivity index (χ3n) is 10.4. The van der Waals surface area contributed by atoms with Crippen molar-refractivity contribution in [2.24, 2.45) is 35.0 Å². The van der Waals surface area contributed by atoms with Gasteiger partial charge in [0.2, 0.25) is 23.6 Å². The van der Waals surface area contributed by atoms with Crippen LogP contribution >= 0.6 is 0 Å². The molecule has 4 aliphatic rings. The number of benzene rings is 3. The Balaban J connectivity index is 1.32. The Bertz CT molecular complexity index is 1920. The van der Waals surface area contributed by atoms with E-state index in [2.05, 4.69) is 0 Å². The number of rotatable bonds is 6. The first-order chi connectivity index (χ1) is 22.6. The van der Waals surface area contributed by atoms with E-state index in [9.17, 15) is 34.2 Å². The first kappa shape index (κ1) is 30.2. The summed E-state index contributed by atoms with van der Waals surface area (Å²) >= 11 is 0. The van der Waals surface area contributed by atoms with Gasteiger partial charge >= 0.3 is 5.97 Å². The van der Waals surface area contributed by atoms with Crippen molar-refractivity contribution < 1.29 is 38.9 Å². The Labute approximate surface area is 270 Å². The van der Waals surface area contributed by atoms with Crippen molar-refractivity contribution in [1.29, 1.82) is 0 Å². The molecule has 2 N–H and O–H groups in total. The number of hydrogen-bond donors (Lipinski definition) is 2. The zero-order valence-electron chi connectivity index (χ0n) is 25.7. The van der Waals surface area contributed by atoms with E-state index < -0.39 is 52.8 Å². The van der Waals surface area contributed by atoms with Gasteiger partial charge in [-0.2, -0.15) is 0 Å². The topological polar surface area (TPSA) is 142 Å². The van der Waals surface area contributed by atoms with E-state index in [0.29, 0.717) is 11.3 Å². The van der Waals surface area contributed by atoms with Gasteiger partial charge in [-0.15, -0.1) is 0 Å². The van der Waals surface area contributed by atoms with Gasteiger partial charge in [-0.25, -0.2) is 9.69 Å². The fraction of sp³-hybridized carbons (Fsp3) is 0.270. The van der Waals surface area contributed by atoms with Gasteiger partial charge in [0.05, 0.1) is 47.2 Å². The molecule has 0 radical (unpaired) electrons. The zero-order valence-corrected chi connectivity index (χ0v) is 25.7. The standard InChI is InChI=1S/C37H32N2O8/c1-37-27(15-11-20-12-16-29(40)30(17-20)47-2)24-13-14-25-31(34(43)38(32(25)41)23-10-6-7-21(18-23)35(44)45)26(24)19-28(37)33(42)39(36(37)46)22-8-4-3-5-9-22/h3-13,15-18,25-28,31,40H,14,19H2,1-2H3,(H,44,45)/t25-,26+,27-,28-,31-,37-/m0/s1. The van der Waals surface area contributed by atoms with Gasteiger partial charge < -0.3 is 14.9 Å². The van der Waals surface area contributed by atoms with Gasteiger partial charge in [0, 0.05) is 5.92 Å². The normalized spacial score (nSPS) is 28.3. The number of para-hydroxylation sites is 1. The molecule has 3 aromatic rings. The highest BCUT2D eigenvalue weighted by atomic mass is 16.5. The highest BCUT2D eigenvalue weighted by molar-refractivity contribution is 6.25. The second-order valence-electron chi connectivity index (χ2n) is 12.7. The molecule has 0 unspecified atom stereocenters. The Morgan fingerprint density at radius 3 is 2.36 bits per heavy atom. The van der Waals surface area contributed by atoms with Crippen molar-refractivity contribution in [3.05, 3.63) is 102 Å². The fourth-order valence-electron chi connectivity index (χ4n) is 8.08. The molecule has 0 aromatic heterocycles. The van der Waals surface area contributed by atoms with Crippen LogP contribution in [0.2, 0.25) is 0 Å². The average Bonchev–Trinajstić information content (AvgIpc) is 3.44. The number of carbonyl (C=O) groups excluding carboxylic acids is 4. The zero-order chi connectivity index (χ0) is 33.2. The van der Waals surface area contributed by atoms with E-state index in [-0.39, 0.29) is 47.4 Å². The van der Waals surface area contributed by atoms with Gasteiger partial charge in [-0.05, 0) is 73.7 Å². The SMILES string of the molecule is COc1cc(C=C[C@H]2C3=CC[C@@H]4C(=O)N(c5cccc(C(=O)O)c5)C(=O)[C@@H]4[C@@H]3C[C@H]3C(=O)N(c4ccccc4)C(=O)[C@@]23C)ccc1O. The van der Waals surface area contributed by atoms with Crippen molar-refractivity contribution in [2.45, 2.75) is 19.8 Å². The number of nitrogens with zero attached hydrogens (tertiary/aromatic N) is 2. The Morgan fingerprint density at radius 1 is 0.894 bits per heavy atom. The minimum absolute atomic E-state index is 0.0200. The lowest BCUT2D eigenvalue weighted by molar-refractivity contribution is -0.132. The maximum Gasteiger partial charge on any atom is 0.335 e. The van der Waals surface area contributed by atoms with Gasteiger partial charge in [0.15, 0.2) is 11.5 Å². The molecule has 2 heterocycles. The summed E-state index contributed by atoms with van der Waals surface area (Å²) in [5, 5.41) is 19.6. The molecule has 3 aromatic carbocycles. The molecule has 238 valence electrons. The number of allylic oxidation sites excluding steroid dienone is 3. The predicted molar refractivity (Wildman–Crippen MR) is 171 cm³/mol. The number of carboxylic acid groups (broad SMARTS) is 1. The van der Waals surface area contributed by atoms with E-state index in [1.165, 1.54) is 36.3 Å². The number of carbonyl (C=O) groups is 5. The molecule has 10 nitrogen and oxygen atoms in total. The van der Waals surface area contributed by atoms with Crippen molar-refractivity contribution in [3.63, 3.8) is 0 Å². The van der Waals surface area contributed by atoms with E-state index in [1.807, 2.05) is 25.2 Å². The molecule has 3 fully saturated rings. The summed E-state index contributed by atoms with van der Waals surface area (Å²) < 4.78 is 5.28. The Kier molecular flexibility index (Phi) is 7.11. The Hall–Kier alpha value is -5.51. The molecule has 7 rings (SSSR count). The van der Waals surface area contributed by atoms with Crippen LogP contribution in [0.4, 0.5) is 11.4 Å². The average molecular weight is 633 g/mol. The first-order valence-corrected chi connectivity index (χ1v) is 15.5. The lowest BCUT2D eigenvalue weighted by Crippen LogP contribution is -2.49. The van der Waals surface area contributed by atoms with Crippen molar-refractivity contribution in [1.82, 2.24) is 0 Å². The van der Waals surface area contributed by atoms with E-state index >= 15 is 0 Å².